The van der Waals surface area contributed by atoms with Gasteiger partial charge in [0.2, 0.25) is 5.91 Å². The van der Waals surface area contributed by atoms with Gasteiger partial charge in [0.1, 0.15) is 5.82 Å². The molecule has 168 valence electrons. The predicted molar refractivity (Wildman–Crippen MR) is 115 cm³/mol. The summed E-state index contributed by atoms with van der Waals surface area (Å²) in [6.45, 7) is 4.34. The molecule has 2 fully saturated rings. The van der Waals surface area contributed by atoms with Crippen LogP contribution in [-0.4, -0.2) is 62.9 Å². The van der Waals surface area contributed by atoms with E-state index in [1.165, 1.54) is 0 Å². The van der Waals surface area contributed by atoms with Crippen LogP contribution in [0.1, 0.15) is 58.3 Å². The first-order chi connectivity index (χ1) is 15.5. The predicted octanol–water partition coefficient (Wildman–Crippen LogP) is 1.37. The summed E-state index contributed by atoms with van der Waals surface area (Å²) in [6, 6.07) is 1.50. The minimum Gasteiger partial charge on any atom is -0.381 e. The number of fused-ring (bicyclic) bond motifs is 1. The third-order valence-electron chi connectivity index (χ3n) is 6.76. The van der Waals surface area contributed by atoms with E-state index in [2.05, 4.69) is 9.97 Å². The Balaban J connectivity index is 1.37. The fourth-order valence-corrected chi connectivity index (χ4v) is 4.94. The molecule has 0 aliphatic carbocycles. The molecule has 0 radical (unpaired) electrons. The highest BCUT2D eigenvalue weighted by Gasteiger charge is 2.37. The van der Waals surface area contributed by atoms with Crippen molar-refractivity contribution in [3.8, 4) is 0 Å². The summed E-state index contributed by atoms with van der Waals surface area (Å²) in [5, 5.41) is 0. The summed E-state index contributed by atoms with van der Waals surface area (Å²) in [7, 11) is 0. The SMILES string of the molecule is Cc1cnccc1C(=O)N1CCc2nc(C3CCCN3C(=O)C3CCOC3)[nH]c(=O)c2C1. The summed E-state index contributed by atoms with van der Waals surface area (Å²) in [5.74, 6) is 0.444. The Morgan fingerprint density at radius 3 is 2.91 bits per heavy atom. The Kier molecular flexibility index (Phi) is 5.50. The van der Waals surface area contributed by atoms with Crippen LogP contribution < -0.4 is 5.56 Å². The lowest BCUT2D eigenvalue weighted by Crippen LogP contribution is -2.41. The van der Waals surface area contributed by atoms with Crippen molar-refractivity contribution in [1.29, 1.82) is 0 Å². The lowest BCUT2D eigenvalue weighted by molar-refractivity contribution is -0.136. The van der Waals surface area contributed by atoms with E-state index in [0.717, 1.165) is 30.5 Å². The van der Waals surface area contributed by atoms with Crippen LogP contribution in [0.25, 0.3) is 0 Å². The number of nitrogens with one attached hydrogen (secondary N) is 1. The zero-order valence-electron chi connectivity index (χ0n) is 18.2. The number of amides is 2. The first kappa shape index (κ1) is 20.8. The number of pyridine rings is 1. The normalized spacial score (nSPS) is 22.8. The number of hydrogen-bond donors (Lipinski definition) is 1. The number of H-pyrrole nitrogens is 1. The van der Waals surface area contributed by atoms with Crippen LogP contribution in [-0.2, 0) is 22.5 Å². The van der Waals surface area contributed by atoms with E-state index in [4.69, 9.17) is 9.72 Å². The van der Waals surface area contributed by atoms with Gasteiger partial charge in [-0.15, -0.1) is 0 Å². The van der Waals surface area contributed by atoms with Gasteiger partial charge in [-0.2, -0.15) is 0 Å². The fraction of sp³-hybridized carbons (Fsp3) is 0.522. The molecule has 2 saturated heterocycles. The van der Waals surface area contributed by atoms with Gasteiger partial charge in [0.15, 0.2) is 0 Å². The summed E-state index contributed by atoms with van der Waals surface area (Å²) in [5.41, 5.74) is 2.44. The van der Waals surface area contributed by atoms with Crippen LogP contribution in [0.15, 0.2) is 23.3 Å². The number of carbonyl (C=O) groups excluding carboxylic acids is 2. The maximum Gasteiger partial charge on any atom is 0.256 e. The van der Waals surface area contributed by atoms with Crippen molar-refractivity contribution in [3.63, 3.8) is 0 Å². The Morgan fingerprint density at radius 1 is 1.25 bits per heavy atom. The van der Waals surface area contributed by atoms with Crippen LogP contribution in [0.4, 0.5) is 0 Å². The number of hydrogen-bond acceptors (Lipinski definition) is 6. The molecule has 32 heavy (non-hydrogen) atoms. The molecule has 9 nitrogen and oxygen atoms in total. The van der Waals surface area contributed by atoms with Gasteiger partial charge in [-0.3, -0.25) is 19.4 Å². The topological polar surface area (TPSA) is 108 Å². The van der Waals surface area contributed by atoms with Gasteiger partial charge >= 0.3 is 0 Å². The molecule has 5 rings (SSSR count). The quantitative estimate of drug-likeness (QED) is 0.777. The number of aromatic nitrogens is 3. The zero-order valence-corrected chi connectivity index (χ0v) is 18.2. The van der Waals surface area contributed by atoms with Crippen LogP contribution >= 0.6 is 0 Å². The molecule has 2 aromatic heterocycles. The van der Waals surface area contributed by atoms with E-state index in [9.17, 15) is 14.4 Å². The molecular weight excluding hydrogens is 410 g/mol. The van der Waals surface area contributed by atoms with Gasteiger partial charge in [-0.05, 0) is 37.8 Å². The number of ether oxygens (including phenoxy) is 1. The van der Waals surface area contributed by atoms with E-state index in [1.807, 2.05) is 11.8 Å². The lowest BCUT2D eigenvalue weighted by atomic mass is 10.0. The van der Waals surface area contributed by atoms with Crippen molar-refractivity contribution in [3.05, 3.63) is 57.0 Å². The largest absolute Gasteiger partial charge is 0.381 e. The molecule has 2 aromatic rings. The zero-order chi connectivity index (χ0) is 22.2. The van der Waals surface area contributed by atoms with Crippen LogP contribution in [0, 0.1) is 12.8 Å². The van der Waals surface area contributed by atoms with Crippen molar-refractivity contribution >= 4 is 11.8 Å². The van der Waals surface area contributed by atoms with Gasteiger partial charge in [-0.1, -0.05) is 0 Å². The smallest absolute Gasteiger partial charge is 0.256 e. The van der Waals surface area contributed by atoms with E-state index in [-0.39, 0.29) is 35.9 Å². The average Bonchev–Trinajstić information content (AvgIpc) is 3.51. The Bertz CT molecular complexity index is 1110. The standard InChI is InChI=1S/C23H27N5O4/c1-14-11-24-7-4-16(14)23(31)27-9-5-18-17(12-27)21(29)26-20(25-18)19-3-2-8-28(19)22(30)15-6-10-32-13-15/h4,7,11,15,19H,2-3,5-6,8-10,12-13H2,1H3,(H,25,26,29). The number of rotatable bonds is 3. The van der Waals surface area contributed by atoms with E-state index in [1.54, 1.807) is 23.4 Å². The Labute approximate surface area is 185 Å². The van der Waals surface area contributed by atoms with Crippen LogP contribution in [0.2, 0.25) is 0 Å². The highest BCUT2D eigenvalue weighted by atomic mass is 16.5. The molecule has 0 aromatic carbocycles. The van der Waals surface area contributed by atoms with Crippen molar-refractivity contribution < 1.29 is 14.3 Å². The van der Waals surface area contributed by atoms with Gasteiger partial charge in [0, 0.05) is 44.1 Å². The van der Waals surface area contributed by atoms with Crippen molar-refractivity contribution in [2.45, 2.75) is 45.2 Å². The summed E-state index contributed by atoms with van der Waals surface area (Å²) < 4.78 is 5.38. The molecule has 5 heterocycles. The molecule has 0 spiro atoms. The van der Waals surface area contributed by atoms with Crippen molar-refractivity contribution in [2.24, 2.45) is 5.92 Å². The maximum atomic E-state index is 13.0. The van der Waals surface area contributed by atoms with Crippen molar-refractivity contribution in [2.75, 3.05) is 26.3 Å². The second-order valence-electron chi connectivity index (χ2n) is 8.79. The number of aryl methyl sites for hydroxylation is 1. The highest BCUT2D eigenvalue weighted by Crippen LogP contribution is 2.33. The summed E-state index contributed by atoms with van der Waals surface area (Å²) in [6.07, 6.45) is 6.20. The van der Waals surface area contributed by atoms with Crippen molar-refractivity contribution in [1.82, 2.24) is 24.8 Å². The number of carbonyl (C=O) groups is 2. The second kappa shape index (κ2) is 8.46. The van der Waals surface area contributed by atoms with Gasteiger partial charge in [0.05, 0.1) is 36.4 Å². The molecule has 1 N–H and O–H groups in total. The second-order valence-corrected chi connectivity index (χ2v) is 8.79. The molecule has 0 saturated carbocycles. The monoisotopic (exact) mass is 437 g/mol. The van der Waals surface area contributed by atoms with Gasteiger partial charge in [-0.25, -0.2) is 4.98 Å². The third kappa shape index (κ3) is 3.70. The average molecular weight is 438 g/mol. The lowest BCUT2D eigenvalue weighted by Gasteiger charge is -2.30. The minimum absolute atomic E-state index is 0.0925. The van der Waals surface area contributed by atoms with E-state index >= 15 is 0 Å². The molecule has 3 aliphatic heterocycles. The molecule has 0 bridgehead atoms. The number of nitrogens with zero attached hydrogens (tertiary/aromatic N) is 4. The van der Waals surface area contributed by atoms with Gasteiger partial charge in [0.25, 0.3) is 11.5 Å². The summed E-state index contributed by atoms with van der Waals surface area (Å²) in [4.78, 5) is 54.2. The van der Waals surface area contributed by atoms with Gasteiger partial charge < -0.3 is 19.5 Å². The fourth-order valence-electron chi connectivity index (χ4n) is 4.94. The van der Waals surface area contributed by atoms with Crippen LogP contribution in [0.5, 0.6) is 0 Å². The summed E-state index contributed by atoms with van der Waals surface area (Å²) >= 11 is 0. The van der Waals surface area contributed by atoms with E-state index in [0.29, 0.717) is 49.7 Å². The maximum absolute atomic E-state index is 13.0. The molecule has 2 amide bonds. The molecule has 2 unspecified atom stereocenters. The number of likely N-dealkylation sites (tertiary alicyclic amines) is 1. The first-order valence-electron chi connectivity index (χ1n) is 11.2. The molecule has 2 atom stereocenters. The molecular formula is C23H27N5O4. The minimum atomic E-state index is -0.225. The Morgan fingerprint density at radius 2 is 2.12 bits per heavy atom. The van der Waals surface area contributed by atoms with Crippen LogP contribution in [0.3, 0.4) is 0 Å². The first-order valence-corrected chi connectivity index (χ1v) is 11.2. The highest BCUT2D eigenvalue weighted by molar-refractivity contribution is 5.95. The molecule has 3 aliphatic rings. The third-order valence-corrected chi connectivity index (χ3v) is 6.76. The number of aromatic amines is 1. The van der Waals surface area contributed by atoms with E-state index < -0.39 is 0 Å². The Hall–Kier alpha value is -3.07. The molecule has 9 heteroatoms.